The molecule has 0 spiro atoms. The number of primary amides is 1. The standard InChI is InChI=1S/C17H15N3O7/c18-15(21)9-26-12-7-5-11(6-8-12)17(23)27-10-16(22)19-13-3-1-2-4-14(13)20(24)25/h1-8H,9-10H2,(H2,18,21)(H,19,22). The van der Waals surface area contributed by atoms with Crippen LogP contribution in [0.3, 0.4) is 0 Å². The molecule has 27 heavy (non-hydrogen) atoms. The van der Waals surface area contributed by atoms with Gasteiger partial charge in [0, 0.05) is 6.07 Å². The quantitative estimate of drug-likeness (QED) is 0.401. The second-order valence-corrected chi connectivity index (χ2v) is 5.18. The Labute approximate surface area is 153 Å². The predicted molar refractivity (Wildman–Crippen MR) is 93.1 cm³/mol. The topological polar surface area (TPSA) is 151 Å². The lowest BCUT2D eigenvalue weighted by Crippen LogP contribution is -2.21. The van der Waals surface area contributed by atoms with Gasteiger partial charge in [-0.25, -0.2) is 4.79 Å². The van der Waals surface area contributed by atoms with Crippen LogP contribution in [-0.2, 0) is 14.3 Å². The van der Waals surface area contributed by atoms with Gasteiger partial charge in [0.2, 0.25) is 0 Å². The minimum atomic E-state index is -0.769. The van der Waals surface area contributed by atoms with E-state index in [1.807, 2.05) is 0 Å². The third-order valence-electron chi connectivity index (χ3n) is 3.18. The number of esters is 1. The Morgan fingerprint density at radius 2 is 1.70 bits per heavy atom. The van der Waals surface area contributed by atoms with Crippen LogP contribution in [0.5, 0.6) is 5.75 Å². The molecule has 0 aliphatic heterocycles. The number of para-hydroxylation sites is 2. The maximum atomic E-state index is 11.9. The maximum absolute atomic E-state index is 11.9. The molecule has 0 aliphatic rings. The molecule has 0 fully saturated rings. The SMILES string of the molecule is NC(=O)COc1ccc(C(=O)OCC(=O)Nc2ccccc2[N+](=O)[O-])cc1. The Morgan fingerprint density at radius 1 is 1.04 bits per heavy atom. The zero-order chi connectivity index (χ0) is 19.8. The molecule has 0 aliphatic carbocycles. The van der Waals surface area contributed by atoms with E-state index in [4.69, 9.17) is 15.2 Å². The molecule has 140 valence electrons. The van der Waals surface area contributed by atoms with Crippen molar-refractivity contribution in [2.24, 2.45) is 5.73 Å². The summed E-state index contributed by atoms with van der Waals surface area (Å²) >= 11 is 0. The zero-order valence-electron chi connectivity index (χ0n) is 13.9. The van der Waals surface area contributed by atoms with Crippen LogP contribution in [0, 0.1) is 10.1 Å². The van der Waals surface area contributed by atoms with Crippen LogP contribution in [0.2, 0.25) is 0 Å². The lowest BCUT2D eigenvalue weighted by Gasteiger charge is -2.08. The van der Waals surface area contributed by atoms with Gasteiger partial charge < -0.3 is 20.5 Å². The van der Waals surface area contributed by atoms with Crippen LogP contribution < -0.4 is 15.8 Å². The van der Waals surface area contributed by atoms with Crippen LogP contribution in [0.25, 0.3) is 0 Å². The fraction of sp³-hybridized carbons (Fsp3) is 0.118. The van der Waals surface area contributed by atoms with Gasteiger partial charge in [-0.3, -0.25) is 19.7 Å². The summed E-state index contributed by atoms with van der Waals surface area (Å²) in [6, 6.07) is 11.2. The Balaban J connectivity index is 1.89. The molecule has 0 heterocycles. The van der Waals surface area contributed by atoms with Gasteiger partial charge in [0.05, 0.1) is 10.5 Å². The number of benzene rings is 2. The number of hydrogen-bond donors (Lipinski definition) is 2. The fourth-order valence-corrected chi connectivity index (χ4v) is 1.98. The van der Waals surface area contributed by atoms with Crippen molar-refractivity contribution in [1.29, 1.82) is 0 Å². The number of rotatable bonds is 8. The van der Waals surface area contributed by atoms with Crippen LogP contribution in [-0.4, -0.2) is 35.9 Å². The largest absolute Gasteiger partial charge is 0.484 e. The van der Waals surface area contributed by atoms with E-state index in [1.165, 1.54) is 48.5 Å². The number of carbonyl (C=O) groups is 3. The van der Waals surface area contributed by atoms with Crippen molar-refractivity contribution in [3.63, 3.8) is 0 Å². The molecule has 0 unspecified atom stereocenters. The van der Waals surface area contributed by atoms with E-state index >= 15 is 0 Å². The highest BCUT2D eigenvalue weighted by Crippen LogP contribution is 2.23. The summed E-state index contributed by atoms with van der Waals surface area (Å²) in [5.41, 5.74) is 4.83. The molecule has 0 saturated heterocycles. The minimum Gasteiger partial charge on any atom is -0.484 e. The highest BCUT2D eigenvalue weighted by Gasteiger charge is 2.16. The van der Waals surface area contributed by atoms with Gasteiger partial charge >= 0.3 is 5.97 Å². The number of nitro benzene ring substituents is 1. The Bertz CT molecular complexity index is 865. The van der Waals surface area contributed by atoms with Crippen molar-refractivity contribution in [2.75, 3.05) is 18.5 Å². The van der Waals surface area contributed by atoms with E-state index in [0.717, 1.165) is 0 Å². The van der Waals surface area contributed by atoms with Crippen LogP contribution in [0.15, 0.2) is 48.5 Å². The average molecular weight is 373 g/mol. The first-order valence-electron chi connectivity index (χ1n) is 7.58. The lowest BCUT2D eigenvalue weighted by atomic mass is 10.2. The number of nitro groups is 1. The van der Waals surface area contributed by atoms with Crippen molar-refractivity contribution in [2.45, 2.75) is 0 Å². The molecule has 2 amide bonds. The summed E-state index contributed by atoms with van der Waals surface area (Å²) in [5.74, 6) is -1.80. The number of nitrogens with zero attached hydrogens (tertiary/aromatic N) is 1. The highest BCUT2D eigenvalue weighted by atomic mass is 16.6. The first-order chi connectivity index (χ1) is 12.9. The van der Waals surface area contributed by atoms with Gasteiger partial charge in [-0.05, 0) is 30.3 Å². The number of anilines is 1. The second-order valence-electron chi connectivity index (χ2n) is 5.18. The van der Waals surface area contributed by atoms with Gasteiger partial charge in [0.25, 0.3) is 17.5 Å². The molecule has 0 atom stereocenters. The van der Waals surface area contributed by atoms with E-state index in [9.17, 15) is 24.5 Å². The zero-order valence-corrected chi connectivity index (χ0v) is 13.9. The molecule has 3 N–H and O–H groups in total. The highest BCUT2D eigenvalue weighted by molar-refractivity contribution is 5.96. The summed E-state index contributed by atoms with van der Waals surface area (Å²) in [7, 11) is 0. The number of hydrogen-bond acceptors (Lipinski definition) is 7. The van der Waals surface area contributed by atoms with E-state index in [-0.39, 0.29) is 23.5 Å². The third kappa shape index (κ3) is 5.81. The van der Waals surface area contributed by atoms with Crippen molar-refractivity contribution < 1.29 is 28.8 Å². The van der Waals surface area contributed by atoms with E-state index < -0.39 is 29.3 Å². The molecule has 0 bridgehead atoms. The second kappa shape index (κ2) is 8.94. The molecular weight excluding hydrogens is 358 g/mol. The van der Waals surface area contributed by atoms with E-state index in [0.29, 0.717) is 5.75 Å². The van der Waals surface area contributed by atoms with Crippen LogP contribution in [0.1, 0.15) is 10.4 Å². The van der Waals surface area contributed by atoms with E-state index in [2.05, 4.69) is 5.32 Å². The third-order valence-corrected chi connectivity index (χ3v) is 3.18. The van der Waals surface area contributed by atoms with Gasteiger partial charge in [-0.1, -0.05) is 12.1 Å². The number of carbonyl (C=O) groups excluding carboxylic acids is 3. The summed E-state index contributed by atoms with van der Waals surface area (Å²) in [5, 5.41) is 13.2. The Morgan fingerprint density at radius 3 is 2.33 bits per heavy atom. The van der Waals surface area contributed by atoms with Gasteiger partial charge in [-0.15, -0.1) is 0 Å². The summed E-state index contributed by atoms with van der Waals surface area (Å²) < 4.78 is 9.92. The first kappa shape index (κ1) is 19.4. The summed E-state index contributed by atoms with van der Waals surface area (Å²) in [6.45, 7) is -0.916. The molecule has 2 aromatic rings. The molecule has 10 nitrogen and oxygen atoms in total. The smallest absolute Gasteiger partial charge is 0.338 e. The monoisotopic (exact) mass is 373 g/mol. The lowest BCUT2D eigenvalue weighted by molar-refractivity contribution is -0.383. The summed E-state index contributed by atoms with van der Waals surface area (Å²) in [6.07, 6.45) is 0. The molecule has 0 aromatic heterocycles. The number of ether oxygens (including phenoxy) is 2. The number of nitrogens with two attached hydrogens (primary N) is 1. The normalized spacial score (nSPS) is 9.93. The van der Waals surface area contributed by atoms with Gasteiger partial charge in [-0.2, -0.15) is 0 Å². The number of amides is 2. The Hall–Kier alpha value is -3.95. The molecule has 10 heteroatoms. The molecule has 0 radical (unpaired) electrons. The average Bonchev–Trinajstić information content (AvgIpc) is 2.65. The van der Waals surface area contributed by atoms with Crippen LogP contribution in [0.4, 0.5) is 11.4 Å². The molecule has 2 aromatic carbocycles. The molecule has 0 saturated carbocycles. The van der Waals surface area contributed by atoms with Crippen molar-refractivity contribution in [1.82, 2.24) is 0 Å². The van der Waals surface area contributed by atoms with Gasteiger partial charge in [0.15, 0.2) is 13.2 Å². The molecular formula is C17H15N3O7. The van der Waals surface area contributed by atoms with Gasteiger partial charge in [0.1, 0.15) is 11.4 Å². The Kier molecular flexibility index (Phi) is 6.42. The predicted octanol–water partition coefficient (Wildman–Crippen LogP) is 1.25. The van der Waals surface area contributed by atoms with Crippen molar-refractivity contribution in [3.05, 3.63) is 64.2 Å². The maximum Gasteiger partial charge on any atom is 0.338 e. The molecule has 2 rings (SSSR count). The first-order valence-corrected chi connectivity index (χ1v) is 7.58. The van der Waals surface area contributed by atoms with Crippen molar-refractivity contribution >= 4 is 29.2 Å². The fourth-order valence-electron chi connectivity index (χ4n) is 1.98. The van der Waals surface area contributed by atoms with Crippen LogP contribution >= 0.6 is 0 Å². The number of nitrogens with one attached hydrogen (secondary N) is 1. The summed E-state index contributed by atoms with van der Waals surface area (Å²) in [4.78, 5) is 44.7. The van der Waals surface area contributed by atoms with Crippen molar-refractivity contribution in [3.8, 4) is 5.75 Å². The minimum absolute atomic E-state index is 0.000462. The van der Waals surface area contributed by atoms with E-state index in [1.54, 1.807) is 0 Å².